The van der Waals surface area contributed by atoms with Gasteiger partial charge in [-0.25, -0.2) is 9.97 Å². The summed E-state index contributed by atoms with van der Waals surface area (Å²) in [5.41, 5.74) is 17.2. The predicted molar refractivity (Wildman–Crippen MR) is 326 cm³/mol. The van der Waals surface area contributed by atoms with Gasteiger partial charge >= 0.3 is 0 Å². The first-order valence-corrected chi connectivity index (χ1v) is 26.9. The number of benzene rings is 10. The van der Waals surface area contributed by atoms with Crippen LogP contribution in [0.1, 0.15) is 11.1 Å². The lowest BCUT2D eigenvalue weighted by Gasteiger charge is -2.41. The van der Waals surface area contributed by atoms with Crippen LogP contribution in [0.15, 0.2) is 258 Å². The van der Waals surface area contributed by atoms with Crippen molar-refractivity contribution in [1.29, 1.82) is 10.5 Å². The van der Waals surface area contributed by atoms with E-state index in [1.54, 1.807) is 12.4 Å². The Hall–Kier alpha value is -11.8. The minimum absolute atomic E-state index is 0.413. The lowest BCUT2D eigenvalue weighted by molar-refractivity contribution is 0.668. The zero-order valence-electron chi connectivity index (χ0n) is 43.5. The van der Waals surface area contributed by atoms with Gasteiger partial charge in [0.1, 0.15) is 23.3 Å². The average Bonchev–Trinajstić information content (AvgIpc) is 2.83. The van der Waals surface area contributed by atoms with E-state index < -0.39 is 0 Å². The van der Waals surface area contributed by atoms with Gasteiger partial charge in [-0.15, -0.1) is 0 Å². The van der Waals surface area contributed by atoms with Crippen LogP contribution >= 0.6 is 0 Å². The van der Waals surface area contributed by atoms with Crippen molar-refractivity contribution in [2.45, 2.75) is 0 Å². The zero-order chi connectivity index (χ0) is 54.4. The van der Waals surface area contributed by atoms with Crippen LogP contribution < -0.4 is 19.6 Å². The van der Waals surface area contributed by atoms with Crippen molar-refractivity contribution < 1.29 is 8.83 Å². The van der Waals surface area contributed by atoms with E-state index in [4.69, 9.17) is 18.8 Å². The average molecular weight is 1050 g/mol. The Morgan fingerprint density at radius 2 is 0.707 bits per heavy atom. The summed E-state index contributed by atoms with van der Waals surface area (Å²) in [6.45, 7) is 0. The summed E-state index contributed by atoms with van der Waals surface area (Å²) in [7, 11) is 0. The minimum Gasteiger partial charge on any atom is -0.454 e. The summed E-state index contributed by atoms with van der Waals surface area (Å²) >= 11 is 0. The molecule has 82 heavy (non-hydrogen) atoms. The summed E-state index contributed by atoms with van der Waals surface area (Å²) in [6, 6.07) is 84.3. The molecule has 11 heteroatoms. The maximum absolute atomic E-state index is 11.3. The molecule has 0 fully saturated rings. The van der Waals surface area contributed by atoms with Gasteiger partial charge < -0.3 is 28.4 Å². The highest BCUT2D eigenvalue weighted by atomic mass is 16.3. The number of pyridine rings is 1. The normalized spacial score (nSPS) is 12.5. The molecule has 4 aromatic heterocycles. The van der Waals surface area contributed by atoms with Gasteiger partial charge in [-0.1, -0.05) is 133 Å². The fraction of sp³-hybridized carbons (Fsp3) is 0. The molecular formula is C71H41N9O2. The van der Waals surface area contributed by atoms with E-state index in [-0.39, 0.29) is 0 Å². The summed E-state index contributed by atoms with van der Waals surface area (Å²) in [6.07, 6.45) is 3.48. The highest BCUT2D eigenvalue weighted by Gasteiger charge is 2.37. The van der Waals surface area contributed by atoms with Crippen LogP contribution in [0.3, 0.4) is 0 Å². The number of para-hydroxylation sites is 14. The molecule has 16 rings (SSSR count). The SMILES string of the molecule is N#Cc1cccc(-c2cc(-c3cccc(C#N)c3N3c4ccccc4N(c4cccc5c4oc4ccccc45)c4ccccc43)nc(-c3cccnc3)n2)c1N1c2ccccc2N(c2cccc3c2oc2ccccc23)c2ccccc21. The summed E-state index contributed by atoms with van der Waals surface area (Å²) in [5.74, 6) is 0.413. The Balaban J connectivity index is 0.903. The van der Waals surface area contributed by atoms with Crippen LogP contribution in [-0.2, 0) is 0 Å². The van der Waals surface area contributed by atoms with E-state index in [1.165, 1.54) is 0 Å². The summed E-state index contributed by atoms with van der Waals surface area (Å²) in [4.78, 5) is 24.2. The van der Waals surface area contributed by atoms with Crippen LogP contribution in [0.4, 0.5) is 68.2 Å². The van der Waals surface area contributed by atoms with Crippen molar-refractivity contribution in [2.24, 2.45) is 0 Å². The van der Waals surface area contributed by atoms with Crippen molar-refractivity contribution in [1.82, 2.24) is 15.0 Å². The molecule has 0 amide bonds. The Kier molecular flexibility index (Phi) is 10.4. The van der Waals surface area contributed by atoms with Crippen molar-refractivity contribution in [2.75, 3.05) is 19.6 Å². The molecular weight excluding hydrogens is 1010 g/mol. The van der Waals surface area contributed by atoms with Gasteiger partial charge in [-0.3, -0.25) is 4.98 Å². The van der Waals surface area contributed by atoms with Crippen LogP contribution in [0.25, 0.3) is 77.8 Å². The molecule has 10 aromatic carbocycles. The fourth-order valence-electron chi connectivity index (χ4n) is 12.2. The first-order valence-electron chi connectivity index (χ1n) is 26.9. The van der Waals surface area contributed by atoms with Gasteiger partial charge in [0.15, 0.2) is 17.0 Å². The zero-order valence-corrected chi connectivity index (χ0v) is 43.5. The molecule has 2 aliphatic rings. The minimum atomic E-state index is 0.413. The molecule has 11 nitrogen and oxygen atoms in total. The number of aromatic nitrogens is 3. The third-order valence-corrected chi connectivity index (χ3v) is 15.7. The molecule has 0 spiro atoms. The Bertz CT molecular complexity index is 4650. The fourth-order valence-corrected chi connectivity index (χ4v) is 12.2. The van der Waals surface area contributed by atoms with Crippen molar-refractivity contribution in [3.05, 3.63) is 260 Å². The molecule has 2 aliphatic heterocycles. The van der Waals surface area contributed by atoms with E-state index in [9.17, 15) is 10.5 Å². The Morgan fingerprint density at radius 1 is 0.341 bits per heavy atom. The summed E-state index contributed by atoms with van der Waals surface area (Å²) in [5, 5.41) is 26.7. The number of hydrogen-bond acceptors (Lipinski definition) is 11. The van der Waals surface area contributed by atoms with Gasteiger partial charge in [0.25, 0.3) is 0 Å². The van der Waals surface area contributed by atoms with Crippen molar-refractivity contribution >= 4 is 112 Å². The molecule has 0 aliphatic carbocycles. The van der Waals surface area contributed by atoms with Crippen LogP contribution in [-0.4, -0.2) is 15.0 Å². The third kappa shape index (κ3) is 6.97. The first-order chi connectivity index (χ1) is 40.6. The second kappa shape index (κ2) is 18.4. The monoisotopic (exact) mass is 1050 g/mol. The topological polar surface area (TPSA) is 125 Å². The highest BCUT2D eigenvalue weighted by molar-refractivity contribution is 6.15. The lowest BCUT2D eigenvalue weighted by atomic mass is 9.96. The summed E-state index contributed by atoms with van der Waals surface area (Å²) < 4.78 is 13.4. The van der Waals surface area contributed by atoms with E-state index in [0.717, 1.165) is 101 Å². The molecule has 14 aromatic rings. The molecule has 0 radical (unpaired) electrons. The van der Waals surface area contributed by atoms with Crippen LogP contribution in [0.2, 0.25) is 0 Å². The maximum atomic E-state index is 11.3. The largest absolute Gasteiger partial charge is 0.454 e. The van der Waals surface area contributed by atoms with Crippen molar-refractivity contribution in [3.8, 4) is 46.0 Å². The van der Waals surface area contributed by atoms with E-state index in [1.807, 2.05) is 140 Å². The Morgan fingerprint density at radius 3 is 1.11 bits per heavy atom. The highest BCUT2D eigenvalue weighted by Crippen LogP contribution is 2.59. The lowest BCUT2D eigenvalue weighted by Crippen LogP contribution is -2.25. The molecule has 6 heterocycles. The Labute approximate surface area is 469 Å². The second-order valence-corrected chi connectivity index (χ2v) is 20.1. The molecule has 0 bridgehead atoms. The van der Waals surface area contributed by atoms with Gasteiger partial charge in [-0.2, -0.15) is 10.5 Å². The molecule has 0 unspecified atom stereocenters. The van der Waals surface area contributed by atoms with E-state index in [2.05, 4.69) is 134 Å². The van der Waals surface area contributed by atoms with Crippen LogP contribution in [0.5, 0.6) is 0 Å². The van der Waals surface area contributed by atoms with Gasteiger partial charge in [0, 0.05) is 50.6 Å². The second-order valence-electron chi connectivity index (χ2n) is 20.1. The number of nitrogens with zero attached hydrogens (tertiary/aromatic N) is 9. The number of fused-ring (bicyclic) bond motifs is 10. The van der Waals surface area contributed by atoms with E-state index >= 15 is 0 Å². The smallest absolute Gasteiger partial charge is 0.161 e. The maximum Gasteiger partial charge on any atom is 0.161 e. The molecule has 0 saturated carbocycles. The van der Waals surface area contributed by atoms with Gasteiger partial charge in [-0.05, 0) is 103 Å². The first kappa shape index (κ1) is 46.3. The quantitative estimate of drug-likeness (QED) is 0.151. The van der Waals surface area contributed by atoms with Crippen LogP contribution in [0, 0.1) is 22.7 Å². The predicted octanol–water partition coefficient (Wildman–Crippen LogP) is 18.9. The van der Waals surface area contributed by atoms with Gasteiger partial charge in [0.05, 0.1) is 90.8 Å². The number of rotatable bonds is 7. The van der Waals surface area contributed by atoms with E-state index in [0.29, 0.717) is 56.4 Å². The number of anilines is 12. The number of nitriles is 2. The van der Waals surface area contributed by atoms with Gasteiger partial charge in [0.2, 0.25) is 0 Å². The number of hydrogen-bond donors (Lipinski definition) is 0. The number of furan rings is 2. The molecule has 0 N–H and O–H groups in total. The standard InChI is InChI=1S/C71H41N9O2/c72-41-44-18-13-25-51(67(44)79-59-31-7-3-27-55(59)77(56-28-4-8-32-60(56)79)63-35-15-23-49-47-21-1-11-37-65(47)81-69(49)63)53-40-54(76-71(75-53)46-20-17-39-74-43-46)52-26-14-19-45(42-73)68(52)80-61-33-9-5-29-57(61)78(58-30-6-10-34-62(58)80)64-36-16-24-50-48-22-2-12-38-66(48)82-70(50)64/h1-40,43H. The molecule has 0 saturated heterocycles. The molecule has 382 valence electrons. The van der Waals surface area contributed by atoms with Crippen molar-refractivity contribution in [3.63, 3.8) is 0 Å². The molecule has 0 atom stereocenters. The third-order valence-electron chi connectivity index (χ3n) is 15.7.